The maximum Gasteiger partial charge on any atom is 0.125 e. The van der Waals surface area contributed by atoms with Gasteiger partial charge in [-0.15, -0.1) is 0 Å². The van der Waals surface area contributed by atoms with Crippen molar-refractivity contribution in [3.8, 4) is 11.5 Å². The Morgan fingerprint density at radius 2 is 2.28 bits per heavy atom. The Kier molecular flexibility index (Phi) is 3.78. The number of fused-ring (bicyclic) bond motifs is 1. The first-order chi connectivity index (χ1) is 8.56. The highest BCUT2D eigenvalue weighted by molar-refractivity contribution is 5.49. The van der Waals surface area contributed by atoms with Crippen molar-refractivity contribution in [2.45, 2.75) is 32.5 Å². The zero-order valence-electron chi connectivity index (χ0n) is 11.1. The highest BCUT2D eigenvalue weighted by Gasteiger charge is 2.26. The van der Waals surface area contributed by atoms with Crippen LogP contribution in [0, 0.1) is 5.92 Å². The lowest BCUT2D eigenvalue weighted by atomic mass is 9.95. The van der Waals surface area contributed by atoms with Gasteiger partial charge in [-0.2, -0.15) is 0 Å². The molecule has 1 aliphatic rings. The Morgan fingerprint density at radius 3 is 2.89 bits per heavy atom. The van der Waals surface area contributed by atoms with Crippen molar-refractivity contribution >= 4 is 0 Å². The quantitative estimate of drug-likeness (QED) is 0.854. The summed E-state index contributed by atoms with van der Waals surface area (Å²) < 4.78 is 11.1. The number of hydrogen-bond acceptors (Lipinski definition) is 4. The van der Waals surface area contributed by atoms with Crippen LogP contribution in [0.15, 0.2) is 12.1 Å². The summed E-state index contributed by atoms with van der Waals surface area (Å²) in [6, 6.07) is 3.84. The minimum absolute atomic E-state index is 0.0178. The Balaban J connectivity index is 2.38. The molecule has 0 fully saturated rings. The highest BCUT2D eigenvalue weighted by Crippen LogP contribution is 2.39. The second kappa shape index (κ2) is 5.16. The molecule has 0 bridgehead atoms. The minimum Gasteiger partial charge on any atom is -0.496 e. The third kappa shape index (κ3) is 2.31. The SMILES string of the molecule is COc1cc2c(cc1C(O)C(C)CN)OC(C)C2. The van der Waals surface area contributed by atoms with Crippen LogP contribution in [0.2, 0.25) is 0 Å². The second-order valence-electron chi connectivity index (χ2n) is 4.99. The Bertz CT molecular complexity index is 433. The molecule has 4 heteroatoms. The van der Waals surface area contributed by atoms with Crippen LogP contribution in [0.5, 0.6) is 11.5 Å². The van der Waals surface area contributed by atoms with Gasteiger partial charge in [-0.1, -0.05) is 6.92 Å². The molecule has 0 amide bonds. The monoisotopic (exact) mass is 251 g/mol. The summed E-state index contributed by atoms with van der Waals surface area (Å²) in [6.45, 7) is 4.38. The molecular weight excluding hydrogens is 230 g/mol. The number of methoxy groups -OCH3 is 1. The van der Waals surface area contributed by atoms with E-state index in [2.05, 4.69) is 0 Å². The van der Waals surface area contributed by atoms with Crippen molar-refractivity contribution in [2.75, 3.05) is 13.7 Å². The van der Waals surface area contributed by atoms with E-state index in [-0.39, 0.29) is 12.0 Å². The molecule has 3 unspecified atom stereocenters. The van der Waals surface area contributed by atoms with E-state index >= 15 is 0 Å². The van der Waals surface area contributed by atoms with Gasteiger partial charge < -0.3 is 20.3 Å². The van der Waals surface area contributed by atoms with Gasteiger partial charge >= 0.3 is 0 Å². The van der Waals surface area contributed by atoms with E-state index in [9.17, 15) is 5.11 Å². The molecule has 0 spiro atoms. The standard InChI is InChI=1S/C14H21NO3/c1-8(7-15)14(16)11-6-12-10(4-9(2)18-12)5-13(11)17-3/h5-6,8-9,14,16H,4,7,15H2,1-3H3. The summed E-state index contributed by atoms with van der Waals surface area (Å²) >= 11 is 0. The smallest absolute Gasteiger partial charge is 0.125 e. The largest absolute Gasteiger partial charge is 0.496 e. The number of aliphatic hydroxyl groups is 1. The maximum absolute atomic E-state index is 10.3. The lowest BCUT2D eigenvalue weighted by Gasteiger charge is -2.20. The first kappa shape index (κ1) is 13.2. The molecule has 4 nitrogen and oxygen atoms in total. The summed E-state index contributed by atoms with van der Waals surface area (Å²) in [5.74, 6) is 1.54. The molecule has 3 N–H and O–H groups in total. The molecule has 18 heavy (non-hydrogen) atoms. The van der Waals surface area contributed by atoms with Gasteiger partial charge in [-0.25, -0.2) is 0 Å². The molecule has 2 rings (SSSR count). The van der Waals surface area contributed by atoms with E-state index in [4.69, 9.17) is 15.2 Å². The second-order valence-corrected chi connectivity index (χ2v) is 4.99. The molecule has 0 saturated heterocycles. The summed E-state index contributed by atoms with van der Waals surface area (Å²) in [6.07, 6.45) is 0.438. The van der Waals surface area contributed by atoms with Crippen molar-refractivity contribution in [2.24, 2.45) is 11.7 Å². The fourth-order valence-corrected chi connectivity index (χ4v) is 2.30. The predicted octanol–water partition coefficient (Wildman–Crippen LogP) is 1.65. The van der Waals surface area contributed by atoms with Crippen LogP contribution in [0.3, 0.4) is 0 Å². The first-order valence-corrected chi connectivity index (χ1v) is 6.32. The van der Waals surface area contributed by atoms with Gasteiger partial charge in [0, 0.05) is 17.5 Å². The molecule has 0 saturated carbocycles. The van der Waals surface area contributed by atoms with E-state index in [1.54, 1.807) is 7.11 Å². The molecule has 1 aliphatic heterocycles. The maximum atomic E-state index is 10.3. The molecule has 1 heterocycles. The van der Waals surface area contributed by atoms with Gasteiger partial charge in [0.2, 0.25) is 0 Å². The third-order valence-corrected chi connectivity index (χ3v) is 3.48. The van der Waals surface area contributed by atoms with Crippen LogP contribution < -0.4 is 15.2 Å². The van der Waals surface area contributed by atoms with E-state index in [1.807, 2.05) is 26.0 Å². The summed E-state index contributed by atoms with van der Waals surface area (Å²) in [5.41, 5.74) is 7.49. The lowest BCUT2D eigenvalue weighted by molar-refractivity contribution is 0.118. The molecular formula is C14H21NO3. The normalized spacial score (nSPS) is 21.1. The zero-order valence-corrected chi connectivity index (χ0v) is 11.1. The lowest BCUT2D eigenvalue weighted by Crippen LogP contribution is -2.19. The average molecular weight is 251 g/mol. The summed E-state index contributed by atoms with van der Waals surface area (Å²) in [5, 5.41) is 10.3. The highest BCUT2D eigenvalue weighted by atomic mass is 16.5. The van der Waals surface area contributed by atoms with E-state index in [1.165, 1.54) is 0 Å². The van der Waals surface area contributed by atoms with Crippen LogP contribution in [0.25, 0.3) is 0 Å². The van der Waals surface area contributed by atoms with Gasteiger partial charge in [-0.05, 0) is 31.5 Å². The van der Waals surface area contributed by atoms with Gasteiger partial charge in [0.1, 0.15) is 17.6 Å². The van der Waals surface area contributed by atoms with Crippen molar-refractivity contribution < 1.29 is 14.6 Å². The Hall–Kier alpha value is -1.26. The summed E-state index contributed by atoms with van der Waals surface area (Å²) in [4.78, 5) is 0. The van der Waals surface area contributed by atoms with Gasteiger partial charge in [-0.3, -0.25) is 0 Å². The number of ether oxygens (including phenoxy) is 2. The molecule has 1 aromatic carbocycles. The van der Waals surface area contributed by atoms with E-state index in [0.717, 1.165) is 23.3 Å². The van der Waals surface area contributed by atoms with Crippen molar-refractivity contribution in [3.05, 3.63) is 23.3 Å². The van der Waals surface area contributed by atoms with Gasteiger partial charge in [0.05, 0.1) is 13.2 Å². The molecule has 1 aromatic rings. The van der Waals surface area contributed by atoms with Crippen LogP contribution in [-0.4, -0.2) is 24.9 Å². The molecule has 0 aromatic heterocycles. The molecule has 0 radical (unpaired) electrons. The Morgan fingerprint density at radius 1 is 1.56 bits per heavy atom. The average Bonchev–Trinajstić information content (AvgIpc) is 2.74. The fourth-order valence-electron chi connectivity index (χ4n) is 2.30. The van der Waals surface area contributed by atoms with Crippen molar-refractivity contribution in [3.63, 3.8) is 0 Å². The fraction of sp³-hybridized carbons (Fsp3) is 0.571. The van der Waals surface area contributed by atoms with Crippen molar-refractivity contribution in [1.82, 2.24) is 0 Å². The summed E-state index contributed by atoms with van der Waals surface area (Å²) in [7, 11) is 1.62. The van der Waals surface area contributed by atoms with Crippen molar-refractivity contribution in [1.29, 1.82) is 0 Å². The van der Waals surface area contributed by atoms with Crippen LogP contribution in [0.4, 0.5) is 0 Å². The van der Waals surface area contributed by atoms with Crippen LogP contribution in [-0.2, 0) is 6.42 Å². The third-order valence-electron chi connectivity index (χ3n) is 3.48. The topological polar surface area (TPSA) is 64.7 Å². The van der Waals surface area contributed by atoms with Crippen LogP contribution >= 0.6 is 0 Å². The van der Waals surface area contributed by atoms with Gasteiger partial charge in [0.25, 0.3) is 0 Å². The molecule has 0 aliphatic carbocycles. The van der Waals surface area contributed by atoms with E-state index in [0.29, 0.717) is 12.3 Å². The number of aliphatic hydroxyl groups excluding tert-OH is 1. The van der Waals surface area contributed by atoms with Crippen LogP contribution in [0.1, 0.15) is 31.1 Å². The zero-order chi connectivity index (χ0) is 13.3. The Labute approximate surface area is 108 Å². The minimum atomic E-state index is -0.630. The van der Waals surface area contributed by atoms with Gasteiger partial charge in [0.15, 0.2) is 0 Å². The van der Waals surface area contributed by atoms with E-state index < -0.39 is 6.10 Å². The predicted molar refractivity (Wildman–Crippen MR) is 70.0 cm³/mol. The number of rotatable bonds is 4. The molecule has 100 valence electrons. The number of nitrogens with two attached hydrogens (primary N) is 1. The number of hydrogen-bond donors (Lipinski definition) is 2. The molecule has 3 atom stereocenters. The number of benzene rings is 1. The first-order valence-electron chi connectivity index (χ1n) is 6.32.